The van der Waals surface area contributed by atoms with Gasteiger partial charge in [-0.05, 0) is 6.07 Å². The van der Waals surface area contributed by atoms with Gasteiger partial charge in [0.15, 0.2) is 0 Å². The van der Waals surface area contributed by atoms with Crippen LogP contribution >= 0.6 is 23.4 Å². The zero-order chi connectivity index (χ0) is 13.9. The van der Waals surface area contributed by atoms with Crippen molar-refractivity contribution in [2.24, 2.45) is 5.92 Å². The Labute approximate surface area is 110 Å². The Hall–Kier alpha value is -0.950. The number of carboxylic acids is 1. The van der Waals surface area contributed by atoms with Gasteiger partial charge in [-0.25, -0.2) is 4.98 Å². The van der Waals surface area contributed by atoms with E-state index in [2.05, 4.69) is 4.98 Å². The molecule has 0 fully saturated rings. The fourth-order valence-electron chi connectivity index (χ4n) is 0.962. The Balaban J connectivity index is 2.78. The van der Waals surface area contributed by atoms with Gasteiger partial charge in [-0.2, -0.15) is 13.2 Å². The van der Waals surface area contributed by atoms with E-state index in [1.165, 1.54) is 6.92 Å². The number of rotatable bonds is 4. The fraction of sp³-hybridized carbons (Fsp3) is 0.400. The molecule has 0 aromatic carbocycles. The van der Waals surface area contributed by atoms with Crippen molar-refractivity contribution in [3.05, 3.63) is 22.8 Å². The van der Waals surface area contributed by atoms with Crippen LogP contribution in [0.1, 0.15) is 12.5 Å². The van der Waals surface area contributed by atoms with E-state index < -0.39 is 23.6 Å². The predicted octanol–water partition coefficient (Wildman–Crippen LogP) is 3.57. The lowest BCUT2D eigenvalue weighted by Gasteiger charge is -2.09. The molecule has 1 heterocycles. The van der Waals surface area contributed by atoms with Crippen LogP contribution in [0.5, 0.6) is 0 Å². The van der Waals surface area contributed by atoms with Crippen LogP contribution in [0.4, 0.5) is 13.2 Å². The molecule has 0 radical (unpaired) electrons. The quantitative estimate of drug-likeness (QED) is 0.864. The first-order valence-corrected chi connectivity index (χ1v) is 6.16. The van der Waals surface area contributed by atoms with Crippen LogP contribution < -0.4 is 0 Å². The molecule has 0 bridgehead atoms. The van der Waals surface area contributed by atoms with Gasteiger partial charge in [0, 0.05) is 11.9 Å². The number of aliphatic carboxylic acids is 1. The highest BCUT2D eigenvalue weighted by atomic mass is 35.5. The minimum atomic E-state index is -4.49. The number of halogens is 4. The zero-order valence-corrected chi connectivity index (χ0v) is 10.7. The summed E-state index contributed by atoms with van der Waals surface area (Å²) in [7, 11) is 0. The van der Waals surface area contributed by atoms with Gasteiger partial charge >= 0.3 is 12.1 Å². The summed E-state index contributed by atoms with van der Waals surface area (Å²) >= 11 is 6.68. The number of hydrogen-bond acceptors (Lipinski definition) is 3. The number of carboxylic acid groups (broad SMARTS) is 1. The second kappa shape index (κ2) is 5.79. The maximum Gasteiger partial charge on any atom is 0.417 e. The van der Waals surface area contributed by atoms with Gasteiger partial charge in [-0.1, -0.05) is 18.5 Å². The van der Waals surface area contributed by atoms with E-state index in [1.54, 1.807) is 0 Å². The van der Waals surface area contributed by atoms with Crippen molar-refractivity contribution < 1.29 is 23.1 Å². The van der Waals surface area contributed by atoms with Crippen LogP contribution in [0.15, 0.2) is 17.3 Å². The molecular formula is C10H9ClF3NO2S. The molecule has 1 rings (SSSR count). The second-order valence-corrected chi connectivity index (χ2v) is 4.97. The molecule has 3 nitrogen and oxygen atoms in total. The minimum absolute atomic E-state index is 0.132. The Kier molecular flexibility index (Phi) is 4.86. The van der Waals surface area contributed by atoms with Gasteiger partial charge in [0.2, 0.25) is 0 Å². The third-order valence-corrected chi connectivity index (χ3v) is 3.69. The summed E-state index contributed by atoms with van der Waals surface area (Å²) in [5.74, 6) is -1.42. The normalized spacial score (nSPS) is 13.4. The number of pyridine rings is 1. The molecule has 1 N–H and O–H groups in total. The molecule has 0 saturated carbocycles. The average molecular weight is 300 g/mol. The van der Waals surface area contributed by atoms with Crippen LogP contribution in [0, 0.1) is 5.92 Å². The number of aromatic nitrogens is 1. The number of thioether (sulfide) groups is 1. The largest absolute Gasteiger partial charge is 0.481 e. The van der Waals surface area contributed by atoms with E-state index in [4.69, 9.17) is 16.7 Å². The first-order chi connectivity index (χ1) is 8.21. The van der Waals surface area contributed by atoms with E-state index in [9.17, 15) is 18.0 Å². The molecule has 1 atom stereocenters. The topological polar surface area (TPSA) is 50.2 Å². The summed E-state index contributed by atoms with van der Waals surface area (Å²) < 4.78 is 37.0. The molecule has 0 saturated heterocycles. The number of hydrogen-bond donors (Lipinski definition) is 1. The van der Waals surface area contributed by atoms with Crippen molar-refractivity contribution in [1.82, 2.24) is 4.98 Å². The van der Waals surface area contributed by atoms with Crippen LogP contribution in [0.25, 0.3) is 0 Å². The SMILES string of the molecule is CC(CSc1ncc(C(F)(F)F)cc1Cl)C(=O)O. The maximum absolute atomic E-state index is 12.3. The van der Waals surface area contributed by atoms with Crippen molar-refractivity contribution in [3.8, 4) is 0 Å². The summed E-state index contributed by atoms with van der Waals surface area (Å²) in [5.41, 5.74) is -0.928. The number of carbonyl (C=O) groups is 1. The van der Waals surface area contributed by atoms with E-state index in [1.807, 2.05) is 0 Å². The highest BCUT2D eigenvalue weighted by molar-refractivity contribution is 7.99. The standard InChI is InChI=1S/C10H9ClF3NO2S/c1-5(9(16)17)4-18-8-7(11)2-6(3-15-8)10(12,13)14/h2-3,5H,4H2,1H3,(H,16,17). The monoisotopic (exact) mass is 299 g/mol. The lowest BCUT2D eigenvalue weighted by molar-refractivity contribution is -0.140. The van der Waals surface area contributed by atoms with Crippen molar-refractivity contribution in [1.29, 1.82) is 0 Å². The molecule has 1 aromatic rings. The van der Waals surface area contributed by atoms with E-state index >= 15 is 0 Å². The molecule has 0 aliphatic heterocycles. The van der Waals surface area contributed by atoms with Crippen LogP contribution in [-0.4, -0.2) is 21.8 Å². The van der Waals surface area contributed by atoms with Crippen molar-refractivity contribution in [2.45, 2.75) is 18.1 Å². The van der Waals surface area contributed by atoms with Gasteiger partial charge in [0.05, 0.1) is 16.5 Å². The Morgan fingerprint density at radius 1 is 1.61 bits per heavy atom. The molecule has 18 heavy (non-hydrogen) atoms. The molecule has 1 unspecified atom stereocenters. The van der Waals surface area contributed by atoms with Gasteiger partial charge in [-0.3, -0.25) is 4.79 Å². The molecule has 100 valence electrons. The molecule has 0 aliphatic rings. The molecule has 1 aromatic heterocycles. The molecule has 8 heteroatoms. The Bertz CT molecular complexity index is 453. The highest BCUT2D eigenvalue weighted by Crippen LogP contribution is 2.34. The highest BCUT2D eigenvalue weighted by Gasteiger charge is 2.31. The summed E-state index contributed by atoms with van der Waals surface area (Å²) in [5, 5.41) is 8.72. The van der Waals surface area contributed by atoms with Gasteiger partial charge in [0.1, 0.15) is 5.03 Å². The van der Waals surface area contributed by atoms with E-state index in [0.717, 1.165) is 17.8 Å². The lowest BCUT2D eigenvalue weighted by Crippen LogP contribution is -2.12. The summed E-state index contributed by atoms with van der Waals surface area (Å²) in [6, 6.07) is 0.780. The predicted molar refractivity (Wildman–Crippen MR) is 61.8 cm³/mol. The number of alkyl halides is 3. The smallest absolute Gasteiger partial charge is 0.417 e. The Morgan fingerprint density at radius 2 is 2.22 bits per heavy atom. The van der Waals surface area contributed by atoms with Crippen LogP contribution in [0.2, 0.25) is 5.02 Å². The minimum Gasteiger partial charge on any atom is -0.481 e. The Morgan fingerprint density at radius 3 is 2.67 bits per heavy atom. The van der Waals surface area contributed by atoms with Crippen LogP contribution in [-0.2, 0) is 11.0 Å². The molecule has 0 aliphatic carbocycles. The van der Waals surface area contributed by atoms with E-state index in [0.29, 0.717) is 6.20 Å². The third kappa shape index (κ3) is 4.06. The lowest BCUT2D eigenvalue weighted by atomic mass is 10.2. The van der Waals surface area contributed by atoms with Crippen molar-refractivity contribution in [3.63, 3.8) is 0 Å². The average Bonchev–Trinajstić information content (AvgIpc) is 2.25. The van der Waals surface area contributed by atoms with Crippen molar-refractivity contribution in [2.75, 3.05) is 5.75 Å². The first-order valence-electron chi connectivity index (χ1n) is 4.80. The fourth-order valence-corrected chi connectivity index (χ4v) is 2.17. The molecule has 0 amide bonds. The molecular weight excluding hydrogens is 291 g/mol. The zero-order valence-electron chi connectivity index (χ0n) is 9.16. The second-order valence-electron chi connectivity index (χ2n) is 3.56. The maximum atomic E-state index is 12.3. The van der Waals surface area contributed by atoms with Gasteiger partial charge < -0.3 is 5.11 Å². The van der Waals surface area contributed by atoms with Gasteiger partial charge in [-0.15, -0.1) is 11.8 Å². The van der Waals surface area contributed by atoms with Gasteiger partial charge in [0.25, 0.3) is 0 Å². The summed E-state index contributed by atoms with van der Waals surface area (Å²) in [6.45, 7) is 1.49. The van der Waals surface area contributed by atoms with E-state index in [-0.39, 0.29) is 15.8 Å². The van der Waals surface area contributed by atoms with Crippen LogP contribution in [0.3, 0.4) is 0 Å². The summed E-state index contributed by atoms with van der Waals surface area (Å²) in [4.78, 5) is 14.2. The first kappa shape index (κ1) is 15.1. The third-order valence-electron chi connectivity index (χ3n) is 2.03. The van der Waals surface area contributed by atoms with Crippen molar-refractivity contribution >= 4 is 29.3 Å². The number of nitrogens with zero attached hydrogens (tertiary/aromatic N) is 1. The molecule has 0 spiro atoms. The summed E-state index contributed by atoms with van der Waals surface area (Å²) in [6.07, 6.45) is -3.81.